The average molecular weight is 234 g/mol. The summed E-state index contributed by atoms with van der Waals surface area (Å²) in [6.45, 7) is -0.310. The third-order valence-corrected chi connectivity index (χ3v) is 2.40. The Morgan fingerprint density at radius 3 is 2.59 bits per heavy atom. The molecule has 0 amide bonds. The molecule has 1 aromatic heterocycles. The number of benzene rings is 1. The Kier molecular flexibility index (Phi) is 2.78. The molecular weight excluding hydrogens is 224 g/mol. The third kappa shape index (κ3) is 1.96. The van der Waals surface area contributed by atoms with Crippen LogP contribution in [0.3, 0.4) is 0 Å². The highest BCUT2D eigenvalue weighted by Crippen LogP contribution is 2.02. The van der Waals surface area contributed by atoms with Crippen LogP contribution in [0.15, 0.2) is 33.9 Å². The molecule has 0 atom stereocenters. The molecule has 0 saturated carbocycles. The Labute approximate surface area is 95.4 Å². The number of hydrogen-bond acceptors (Lipinski definition) is 4. The average Bonchev–Trinajstić information content (AvgIpc) is 2.35. The quantitative estimate of drug-likeness (QED) is 0.733. The first kappa shape index (κ1) is 11.1. The summed E-state index contributed by atoms with van der Waals surface area (Å²) in [5.74, 6) is -0.599. The minimum absolute atomic E-state index is 0.278. The van der Waals surface area contributed by atoms with E-state index in [0.717, 1.165) is 4.68 Å². The van der Waals surface area contributed by atoms with E-state index in [2.05, 4.69) is 9.84 Å². The van der Waals surface area contributed by atoms with E-state index in [1.54, 1.807) is 24.3 Å². The number of nitrogens with one attached hydrogen (secondary N) is 1. The van der Waals surface area contributed by atoms with Gasteiger partial charge < -0.3 is 4.74 Å². The van der Waals surface area contributed by atoms with Crippen molar-refractivity contribution in [2.45, 2.75) is 6.54 Å². The van der Waals surface area contributed by atoms with Crippen LogP contribution in [-0.2, 0) is 16.1 Å². The standard InChI is InChI=1S/C11H10N2O4/c1-17-9(14)6-13-11(16)8-5-3-2-4-7(8)10(15)12-13/h2-5H,6H2,1H3,(H,12,15). The molecule has 88 valence electrons. The zero-order valence-corrected chi connectivity index (χ0v) is 9.10. The number of carbonyl (C=O) groups excluding carboxylic acids is 1. The number of carbonyl (C=O) groups is 1. The second-order valence-corrected chi connectivity index (χ2v) is 3.45. The minimum atomic E-state index is -0.599. The summed E-state index contributed by atoms with van der Waals surface area (Å²) < 4.78 is 5.38. The van der Waals surface area contributed by atoms with Gasteiger partial charge in [0.2, 0.25) is 0 Å². The predicted molar refractivity (Wildman–Crippen MR) is 60.8 cm³/mol. The molecule has 1 heterocycles. The Balaban J connectivity index is 2.68. The molecule has 0 radical (unpaired) electrons. The first-order valence-electron chi connectivity index (χ1n) is 4.92. The lowest BCUT2D eigenvalue weighted by molar-refractivity contribution is -0.141. The van der Waals surface area contributed by atoms with Crippen molar-refractivity contribution in [3.05, 3.63) is 45.0 Å². The van der Waals surface area contributed by atoms with E-state index < -0.39 is 17.1 Å². The Hall–Kier alpha value is -2.37. The summed E-state index contributed by atoms with van der Waals surface area (Å²) >= 11 is 0. The molecular formula is C11H10N2O4. The van der Waals surface area contributed by atoms with Gasteiger partial charge in [-0.3, -0.25) is 19.5 Å². The van der Waals surface area contributed by atoms with E-state index in [-0.39, 0.29) is 11.9 Å². The summed E-state index contributed by atoms with van der Waals surface area (Å²) in [5, 5.41) is 2.91. The van der Waals surface area contributed by atoms with E-state index in [9.17, 15) is 14.4 Å². The predicted octanol–water partition coefficient (Wildman–Crippen LogP) is -0.137. The molecule has 6 heteroatoms. The highest BCUT2D eigenvalue weighted by atomic mass is 16.5. The van der Waals surface area contributed by atoms with Crippen molar-refractivity contribution in [1.82, 2.24) is 9.78 Å². The highest BCUT2D eigenvalue weighted by molar-refractivity contribution is 5.80. The molecule has 0 bridgehead atoms. The van der Waals surface area contributed by atoms with Crippen LogP contribution in [0, 0.1) is 0 Å². The van der Waals surface area contributed by atoms with E-state index in [0.29, 0.717) is 5.39 Å². The molecule has 0 fully saturated rings. The van der Waals surface area contributed by atoms with E-state index >= 15 is 0 Å². The number of ether oxygens (including phenoxy) is 1. The number of aromatic amines is 1. The van der Waals surface area contributed by atoms with E-state index in [4.69, 9.17) is 0 Å². The van der Waals surface area contributed by atoms with Crippen molar-refractivity contribution >= 4 is 16.7 Å². The third-order valence-electron chi connectivity index (χ3n) is 2.40. The van der Waals surface area contributed by atoms with Crippen molar-refractivity contribution in [3.8, 4) is 0 Å². The number of methoxy groups -OCH3 is 1. The second kappa shape index (κ2) is 4.25. The van der Waals surface area contributed by atoms with Crippen LogP contribution < -0.4 is 11.1 Å². The van der Waals surface area contributed by atoms with Gasteiger partial charge in [0.25, 0.3) is 11.1 Å². The maximum Gasteiger partial charge on any atom is 0.327 e. The molecule has 0 saturated heterocycles. The molecule has 0 spiro atoms. The van der Waals surface area contributed by atoms with Crippen molar-refractivity contribution in [2.75, 3.05) is 7.11 Å². The van der Waals surface area contributed by atoms with Gasteiger partial charge in [-0.25, -0.2) is 4.68 Å². The van der Waals surface area contributed by atoms with Crippen LogP contribution >= 0.6 is 0 Å². The summed E-state index contributed by atoms with van der Waals surface area (Å²) in [6, 6.07) is 6.42. The van der Waals surface area contributed by atoms with Gasteiger partial charge in [0, 0.05) is 0 Å². The van der Waals surface area contributed by atoms with Gasteiger partial charge in [-0.1, -0.05) is 12.1 Å². The number of hydrogen-bond donors (Lipinski definition) is 1. The SMILES string of the molecule is COC(=O)Cn1[nH]c(=O)c2ccccc2c1=O. The lowest BCUT2D eigenvalue weighted by Gasteiger charge is -2.05. The number of esters is 1. The Morgan fingerprint density at radius 2 is 1.94 bits per heavy atom. The smallest absolute Gasteiger partial charge is 0.327 e. The van der Waals surface area contributed by atoms with Gasteiger partial charge in [-0.2, -0.15) is 0 Å². The van der Waals surface area contributed by atoms with Gasteiger partial charge in [0.1, 0.15) is 6.54 Å². The normalized spacial score (nSPS) is 10.4. The van der Waals surface area contributed by atoms with Crippen molar-refractivity contribution in [2.24, 2.45) is 0 Å². The van der Waals surface area contributed by atoms with Crippen LogP contribution in [0.2, 0.25) is 0 Å². The molecule has 0 aliphatic heterocycles. The van der Waals surface area contributed by atoms with Gasteiger partial charge >= 0.3 is 5.97 Å². The molecule has 1 N–H and O–H groups in total. The maximum absolute atomic E-state index is 11.9. The number of fused-ring (bicyclic) bond motifs is 1. The van der Waals surface area contributed by atoms with Crippen molar-refractivity contribution in [3.63, 3.8) is 0 Å². The van der Waals surface area contributed by atoms with Gasteiger partial charge in [-0.05, 0) is 12.1 Å². The largest absolute Gasteiger partial charge is 0.468 e. The summed E-state index contributed by atoms with van der Waals surface area (Å²) in [5.41, 5.74) is -0.838. The molecule has 0 aliphatic carbocycles. The summed E-state index contributed by atoms with van der Waals surface area (Å²) in [6.07, 6.45) is 0. The topological polar surface area (TPSA) is 81.2 Å². The first-order chi connectivity index (χ1) is 8.13. The van der Waals surface area contributed by atoms with Crippen LogP contribution in [-0.4, -0.2) is 22.9 Å². The second-order valence-electron chi connectivity index (χ2n) is 3.45. The summed E-state index contributed by atoms with van der Waals surface area (Å²) in [7, 11) is 1.21. The van der Waals surface area contributed by atoms with Crippen LogP contribution in [0.5, 0.6) is 0 Å². The number of nitrogens with zero attached hydrogens (tertiary/aromatic N) is 1. The van der Waals surface area contributed by atoms with Gasteiger partial charge in [0.15, 0.2) is 0 Å². The lowest BCUT2D eigenvalue weighted by Crippen LogP contribution is -2.32. The van der Waals surface area contributed by atoms with Crippen LogP contribution in [0.25, 0.3) is 10.8 Å². The summed E-state index contributed by atoms with van der Waals surface area (Å²) in [4.78, 5) is 34.6. The van der Waals surface area contributed by atoms with Crippen molar-refractivity contribution < 1.29 is 9.53 Å². The Bertz CT molecular complexity index is 684. The monoisotopic (exact) mass is 234 g/mol. The molecule has 17 heavy (non-hydrogen) atoms. The zero-order chi connectivity index (χ0) is 12.4. The molecule has 2 rings (SSSR count). The van der Waals surface area contributed by atoms with Gasteiger partial charge in [0.05, 0.1) is 17.9 Å². The molecule has 0 aliphatic rings. The van der Waals surface area contributed by atoms with Crippen LogP contribution in [0.1, 0.15) is 0 Å². The zero-order valence-electron chi connectivity index (χ0n) is 9.10. The van der Waals surface area contributed by atoms with Crippen molar-refractivity contribution in [1.29, 1.82) is 0 Å². The number of H-pyrrole nitrogens is 1. The molecule has 2 aromatic rings. The first-order valence-corrected chi connectivity index (χ1v) is 4.92. The molecule has 6 nitrogen and oxygen atoms in total. The minimum Gasteiger partial charge on any atom is -0.468 e. The van der Waals surface area contributed by atoms with E-state index in [1.165, 1.54) is 7.11 Å². The van der Waals surface area contributed by atoms with Gasteiger partial charge in [-0.15, -0.1) is 0 Å². The maximum atomic E-state index is 11.9. The molecule has 0 unspecified atom stereocenters. The fourth-order valence-electron chi connectivity index (χ4n) is 1.55. The fraction of sp³-hybridized carbons (Fsp3) is 0.182. The number of rotatable bonds is 2. The van der Waals surface area contributed by atoms with E-state index in [1.807, 2.05) is 0 Å². The fourth-order valence-corrected chi connectivity index (χ4v) is 1.55. The molecule has 1 aromatic carbocycles. The Morgan fingerprint density at radius 1 is 1.29 bits per heavy atom. The highest BCUT2D eigenvalue weighted by Gasteiger charge is 2.09. The number of aromatic nitrogens is 2. The van der Waals surface area contributed by atoms with Crippen LogP contribution in [0.4, 0.5) is 0 Å². The lowest BCUT2D eigenvalue weighted by atomic mass is 10.2.